The van der Waals surface area contributed by atoms with E-state index < -0.39 is 0 Å². The lowest BCUT2D eigenvalue weighted by Crippen LogP contribution is -2.01. The van der Waals surface area contributed by atoms with Crippen LogP contribution in [-0.4, -0.2) is 16.2 Å². The van der Waals surface area contributed by atoms with E-state index in [1.165, 1.54) is 12.1 Å². The smallest absolute Gasteiger partial charge is 0.318 e. The lowest BCUT2D eigenvalue weighted by atomic mass is 10.1. The summed E-state index contributed by atoms with van der Waals surface area (Å²) in [5.74, 6) is -0.656. The Morgan fingerprint density at radius 3 is 2.58 bits per heavy atom. The highest BCUT2D eigenvalue weighted by molar-refractivity contribution is 6.10. The number of para-hydroxylation sites is 1. The number of nitrogens with zero attached hydrogens (tertiary/aromatic N) is 2. The predicted octanol–water partition coefficient (Wildman–Crippen LogP) is 4.45. The van der Waals surface area contributed by atoms with Crippen LogP contribution in [0.1, 0.15) is 25.8 Å². The summed E-state index contributed by atoms with van der Waals surface area (Å²) in [6, 6.07) is 14.1. The third kappa shape index (κ3) is 3.06. The summed E-state index contributed by atoms with van der Waals surface area (Å²) in [5, 5.41) is 4.91. The highest BCUT2D eigenvalue weighted by Gasteiger charge is 2.12. The van der Waals surface area contributed by atoms with Crippen LogP contribution in [0.4, 0.5) is 4.39 Å². The van der Waals surface area contributed by atoms with E-state index in [-0.39, 0.29) is 18.2 Å². The van der Waals surface area contributed by atoms with Gasteiger partial charge in [-0.3, -0.25) is 0 Å². The average Bonchev–Trinajstić information content (AvgIpc) is 3.00. The minimum absolute atomic E-state index is 0.272. The zero-order chi connectivity index (χ0) is 17.1. The van der Waals surface area contributed by atoms with Gasteiger partial charge < -0.3 is 9.40 Å². The molecule has 0 amide bonds. The van der Waals surface area contributed by atoms with Gasteiger partial charge in [-0.2, -0.15) is 0 Å². The summed E-state index contributed by atoms with van der Waals surface area (Å²) < 4.78 is 15.1. The molecule has 0 saturated heterocycles. The second-order valence-electron chi connectivity index (χ2n) is 5.40. The Hall–Kier alpha value is -2.95. The summed E-state index contributed by atoms with van der Waals surface area (Å²) in [6.07, 6.45) is 2.19. The van der Waals surface area contributed by atoms with E-state index in [0.717, 1.165) is 22.2 Å². The first-order chi connectivity index (χ1) is 11.6. The second kappa shape index (κ2) is 6.66. The van der Waals surface area contributed by atoms with E-state index >= 15 is 0 Å². The summed E-state index contributed by atoms with van der Waals surface area (Å²) in [5.41, 5.74) is 3.28. The fraction of sp³-hybridized carbons (Fsp3) is 0.158. The zero-order valence-corrected chi connectivity index (χ0v) is 13.5. The van der Waals surface area contributed by atoms with Crippen LogP contribution in [0, 0.1) is 5.82 Å². The van der Waals surface area contributed by atoms with Crippen molar-refractivity contribution < 1.29 is 14.0 Å². The molecular formula is C19H17FN2O2. The maximum absolute atomic E-state index is 13.2. The number of fused-ring (bicyclic) bond motifs is 1. The number of carbonyl (C=O) groups is 1. The molecule has 3 aromatic rings. The highest BCUT2D eigenvalue weighted by Crippen LogP contribution is 2.25. The second-order valence-corrected chi connectivity index (χ2v) is 5.40. The van der Waals surface area contributed by atoms with Gasteiger partial charge in [0.2, 0.25) is 0 Å². The van der Waals surface area contributed by atoms with Gasteiger partial charge in [0, 0.05) is 29.3 Å². The Balaban J connectivity index is 2.10. The van der Waals surface area contributed by atoms with Crippen LogP contribution in [0.5, 0.6) is 0 Å². The van der Waals surface area contributed by atoms with E-state index in [4.69, 9.17) is 4.84 Å². The summed E-state index contributed by atoms with van der Waals surface area (Å²) in [4.78, 5) is 16.2. The van der Waals surface area contributed by atoms with E-state index in [2.05, 4.69) is 5.16 Å². The maximum Gasteiger partial charge on any atom is 0.334 e. The van der Waals surface area contributed by atoms with Crippen LogP contribution in [0.3, 0.4) is 0 Å². The average molecular weight is 324 g/mol. The molecule has 3 rings (SSSR count). The van der Waals surface area contributed by atoms with Crippen molar-refractivity contribution in [3.05, 3.63) is 66.1 Å². The molecule has 24 heavy (non-hydrogen) atoms. The minimum Gasteiger partial charge on any atom is -0.318 e. The van der Waals surface area contributed by atoms with Gasteiger partial charge in [-0.25, -0.2) is 9.18 Å². The summed E-state index contributed by atoms with van der Waals surface area (Å²) >= 11 is 0. The van der Waals surface area contributed by atoms with Crippen molar-refractivity contribution in [3.8, 4) is 5.69 Å². The Kier molecular flexibility index (Phi) is 4.42. The standard InChI is InChI=1S/C19H17FN2O2/c1-3-19(23)24-21-13(2)17-12-22(15-10-8-14(20)9-11-15)18-7-5-4-6-16(17)18/h4-12H,3H2,1-2H3/b21-13+. The molecule has 1 aromatic heterocycles. The van der Waals surface area contributed by atoms with Crippen molar-refractivity contribution in [2.24, 2.45) is 5.16 Å². The molecule has 0 aliphatic rings. The van der Waals surface area contributed by atoms with Crippen molar-refractivity contribution in [2.75, 3.05) is 0 Å². The number of aromatic nitrogens is 1. The number of carbonyl (C=O) groups excluding carboxylic acids is 1. The molecule has 0 unspecified atom stereocenters. The number of oxime groups is 1. The van der Waals surface area contributed by atoms with Crippen molar-refractivity contribution in [3.63, 3.8) is 0 Å². The van der Waals surface area contributed by atoms with Crippen LogP contribution in [0.2, 0.25) is 0 Å². The Morgan fingerprint density at radius 2 is 1.88 bits per heavy atom. The largest absolute Gasteiger partial charge is 0.334 e. The Labute approximate surface area is 139 Å². The molecule has 5 heteroatoms. The van der Waals surface area contributed by atoms with Gasteiger partial charge in [0.25, 0.3) is 0 Å². The topological polar surface area (TPSA) is 43.6 Å². The molecular weight excluding hydrogens is 307 g/mol. The van der Waals surface area contributed by atoms with E-state index in [1.54, 1.807) is 26.0 Å². The Morgan fingerprint density at radius 1 is 1.17 bits per heavy atom. The molecule has 122 valence electrons. The SMILES string of the molecule is CCC(=O)O/N=C(\C)c1cn(-c2ccc(F)cc2)c2ccccc12. The van der Waals surface area contributed by atoms with Crippen LogP contribution in [-0.2, 0) is 9.63 Å². The molecule has 4 nitrogen and oxygen atoms in total. The van der Waals surface area contributed by atoms with Gasteiger partial charge in [0.1, 0.15) is 5.82 Å². The fourth-order valence-corrected chi connectivity index (χ4v) is 2.52. The summed E-state index contributed by atoms with van der Waals surface area (Å²) in [6.45, 7) is 3.51. The van der Waals surface area contributed by atoms with Crippen LogP contribution in [0.25, 0.3) is 16.6 Å². The zero-order valence-electron chi connectivity index (χ0n) is 13.5. The van der Waals surface area contributed by atoms with Gasteiger partial charge in [-0.1, -0.05) is 30.3 Å². The Bertz CT molecular complexity index is 911. The number of hydrogen-bond donors (Lipinski definition) is 0. The molecule has 0 saturated carbocycles. The van der Waals surface area contributed by atoms with Gasteiger partial charge in [-0.05, 0) is 37.3 Å². The third-order valence-corrected chi connectivity index (χ3v) is 3.78. The minimum atomic E-state index is -0.378. The van der Waals surface area contributed by atoms with Gasteiger partial charge in [0.05, 0.1) is 11.2 Å². The van der Waals surface area contributed by atoms with Crippen molar-refractivity contribution >= 4 is 22.6 Å². The number of rotatable bonds is 4. The number of hydrogen-bond acceptors (Lipinski definition) is 3. The van der Waals surface area contributed by atoms with Crippen molar-refractivity contribution in [1.82, 2.24) is 4.57 Å². The van der Waals surface area contributed by atoms with Gasteiger partial charge in [0.15, 0.2) is 0 Å². The van der Waals surface area contributed by atoms with Crippen LogP contribution >= 0.6 is 0 Å². The van der Waals surface area contributed by atoms with Crippen LogP contribution in [0.15, 0.2) is 59.9 Å². The van der Waals surface area contributed by atoms with Crippen LogP contribution < -0.4 is 0 Å². The van der Waals surface area contributed by atoms with Gasteiger partial charge >= 0.3 is 5.97 Å². The number of benzene rings is 2. The van der Waals surface area contributed by atoms with Crippen molar-refractivity contribution in [2.45, 2.75) is 20.3 Å². The highest BCUT2D eigenvalue weighted by atomic mass is 19.1. The lowest BCUT2D eigenvalue weighted by molar-refractivity contribution is -0.143. The normalized spacial score (nSPS) is 11.7. The molecule has 0 spiro atoms. The first kappa shape index (κ1) is 15.9. The molecule has 0 radical (unpaired) electrons. The summed E-state index contributed by atoms with van der Waals surface area (Å²) in [7, 11) is 0. The lowest BCUT2D eigenvalue weighted by Gasteiger charge is -2.04. The third-order valence-electron chi connectivity index (χ3n) is 3.78. The molecule has 0 fully saturated rings. The molecule has 0 N–H and O–H groups in total. The molecule has 0 bridgehead atoms. The van der Waals surface area contributed by atoms with Crippen molar-refractivity contribution in [1.29, 1.82) is 0 Å². The molecule has 0 atom stereocenters. The monoisotopic (exact) mass is 324 g/mol. The first-order valence-corrected chi connectivity index (χ1v) is 7.71. The molecule has 0 aliphatic heterocycles. The fourth-order valence-electron chi connectivity index (χ4n) is 2.52. The molecule has 0 aliphatic carbocycles. The van der Waals surface area contributed by atoms with E-state index in [1.807, 2.05) is 35.0 Å². The molecule has 2 aromatic carbocycles. The maximum atomic E-state index is 13.2. The first-order valence-electron chi connectivity index (χ1n) is 7.71. The van der Waals surface area contributed by atoms with Gasteiger partial charge in [-0.15, -0.1) is 0 Å². The number of halogens is 1. The molecule has 1 heterocycles. The predicted molar refractivity (Wildman–Crippen MR) is 91.8 cm³/mol. The van der Waals surface area contributed by atoms with E-state index in [9.17, 15) is 9.18 Å². The quantitative estimate of drug-likeness (QED) is 0.404. The van der Waals surface area contributed by atoms with E-state index in [0.29, 0.717) is 5.71 Å².